The van der Waals surface area contributed by atoms with Gasteiger partial charge in [-0.1, -0.05) is 0 Å². The molecule has 1 heterocycles. The first-order valence-corrected chi connectivity index (χ1v) is 8.10. The van der Waals surface area contributed by atoms with E-state index < -0.39 is 0 Å². The van der Waals surface area contributed by atoms with Crippen molar-refractivity contribution in [2.24, 2.45) is 0 Å². The van der Waals surface area contributed by atoms with E-state index in [0.29, 0.717) is 17.2 Å². The number of esters is 1. The number of benzene rings is 1. The number of nitrogens with zero attached hydrogens (tertiary/aromatic N) is 1. The molecule has 0 aliphatic carbocycles. The molecular weight excluding hydrogens is 343 g/mol. The van der Waals surface area contributed by atoms with Crippen LogP contribution in [-0.2, 0) is 4.74 Å². The molecule has 0 spiro atoms. The van der Waals surface area contributed by atoms with E-state index in [2.05, 4.69) is 9.32 Å². The third kappa shape index (κ3) is 3.97. The quantitative estimate of drug-likeness (QED) is 0.660. The first-order valence-electron chi connectivity index (χ1n) is 6.01. The number of pyridine rings is 1. The fourth-order valence-electron chi connectivity index (χ4n) is 1.48. The van der Waals surface area contributed by atoms with Crippen molar-refractivity contribution >= 4 is 43.0 Å². The molecular formula is C14H13ClN2O2Se. The SMILES string of the molecule is CCOC(=O)c1ccccc1[Se]Nc1ccc(Cl)cn1. The average Bonchev–Trinajstić information content (AvgIpc) is 2.47. The molecule has 0 unspecified atom stereocenters. The van der Waals surface area contributed by atoms with Gasteiger partial charge in [-0.25, -0.2) is 0 Å². The average molecular weight is 356 g/mol. The summed E-state index contributed by atoms with van der Waals surface area (Å²) in [6.07, 6.45) is 1.58. The topological polar surface area (TPSA) is 51.2 Å². The number of rotatable bonds is 5. The van der Waals surface area contributed by atoms with E-state index in [1.54, 1.807) is 31.3 Å². The Balaban J connectivity index is 2.09. The van der Waals surface area contributed by atoms with E-state index in [9.17, 15) is 4.79 Å². The van der Waals surface area contributed by atoms with E-state index in [4.69, 9.17) is 16.3 Å². The van der Waals surface area contributed by atoms with Crippen LogP contribution in [0.2, 0.25) is 5.02 Å². The Kier molecular flexibility index (Phi) is 5.41. The van der Waals surface area contributed by atoms with Crippen molar-refractivity contribution in [1.29, 1.82) is 0 Å². The number of nitrogens with one attached hydrogen (secondary N) is 1. The zero-order valence-corrected chi connectivity index (χ0v) is 13.3. The summed E-state index contributed by atoms with van der Waals surface area (Å²) in [4.78, 5) is 16.0. The summed E-state index contributed by atoms with van der Waals surface area (Å²) in [7, 11) is 0. The molecule has 2 rings (SSSR count). The predicted molar refractivity (Wildman–Crippen MR) is 80.7 cm³/mol. The molecule has 1 aromatic carbocycles. The Hall–Kier alpha value is -1.55. The number of hydrogen-bond acceptors (Lipinski definition) is 4. The Bertz CT molecular complexity index is 590. The Labute approximate surface area is 128 Å². The van der Waals surface area contributed by atoms with Gasteiger partial charge in [0.25, 0.3) is 0 Å². The van der Waals surface area contributed by atoms with E-state index in [-0.39, 0.29) is 21.1 Å². The van der Waals surface area contributed by atoms with Crippen LogP contribution >= 0.6 is 11.6 Å². The number of hydrogen-bond donors (Lipinski definition) is 1. The molecule has 0 saturated heterocycles. The summed E-state index contributed by atoms with van der Waals surface area (Å²) >= 11 is 5.66. The van der Waals surface area contributed by atoms with Gasteiger partial charge in [0, 0.05) is 0 Å². The van der Waals surface area contributed by atoms with Gasteiger partial charge in [0.1, 0.15) is 0 Å². The Morgan fingerprint density at radius 1 is 1.35 bits per heavy atom. The molecule has 20 heavy (non-hydrogen) atoms. The second-order valence-corrected chi connectivity index (χ2v) is 6.00. The van der Waals surface area contributed by atoms with Crippen molar-refractivity contribution in [1.82, 2.24) is 4.98 Å². The summed E-state index contributed by atoms with van der Waals surface area (Å²) in [6, 6.07) is 11.0. The van der Waals surface area contributed by atoms with Crippen LogP contribution < -0.4 is 8.79 Å². The molecule has 1 N–H and O–H groups in total. The zero-order chi connectivity index (χ0) is 14.4. The molecule has 0 atom stereocenters. The Morgan fingerprint density at radius 3 is 2.85 bits per heavy atom. The minimum absolute atomic E-state index is 0.121. The van der Waals surface area contributed by atoms with Crippen molar-refractivity contribution in [3.63, 3.8) is 0 Å². The third-order valence-electron chi connectivity index (χ3n) is 2.38. The molecule has 0 radical (unpaired) electrons. The number of halogens is 1. The van der Waals surface area contributed by atoms with Crippen molar-refractivity contribution < 1.29 is 9.53 Å². The van der Waals surface area contributed by atoms with Crippen molar-refractivity contribution in [3.05, 3.63) is 53.2 Å². The van der Waals surface area contributed by atoms with E-state index in [0.717, 1.165) is 10.3 Å². The van der Waals surface area contributed by atoms with Gasteiger partial charge < -0.3 is 0 Å². The van der Waals surface area contributed by atoms with Gasteiger partial charge in [-0.05, 0) is 0 Å². The molecule has 0 bridgehead atoms. The monoisotopic (exact) mass is 356 g/mol. The number of ether oxygens (including phenoxy) is 1. The first kappa shape index (κ1) is 14.9. The molecule has 1 aromatic heterocycles. The minimum atomic E-state index is -0.296. The summed E-state index contributed by atoms with van der Waals surface area (Å²) in [5, 5.41) is 0.593. The molecule has 0 amide bonds. The molecule has 6 heteroatoms. The maximum absolute atomic E-state index is 11.8. The van der Waals surface area contributed by atoms with Crippen LogP contribution in [-0.4, -0.2) is 32.7 Å². The van der Waals surface area contributed by atoms with E-state index >= 15 is 0 Å². The first-order chi connectivity index (χ1) is 9.70. The third-order valence-corrected chi connectivity index (χ3v) is 4.46. The van der Waals surface area contributed by atoms with E-state index in [1.807, 2.05) is 18.2 Å². The van der Waals surface area contributed by atoms with Crippen LogP contribution in [0.4, 0.5) is 5.82 Å². The summed E-state index contributed by atoms with van der Waals surface area (Å²) in [5.41, 5.74) is 0.593. The maximum atomic E-state index is 11.8. The van der Waals surface area contributed by atoms with Gasteiger partial charge >= 0.3 is 129 Å². The van der Waals surface area contributed by atoms with Crippen LogP contribution in [0.5, 0.6) is 0 Å². The number of anilines is 1. The predicted octanol–water partition coefficient (Wildman–Crippen LogP) is 2.27. The molecule has 4 nitrogen and oxygen atoms in total. The van der Waals surface area contributed by atoms with Gasteiger partial charge in [-0.3, -0.25) is 0 Å². The molecule has 104 valence electrons. The number of carbonyl (C=O) groups excluding carboxylic acids is 1. The van der Waals surface area contributed by atoms with Crippen molar-refractivity contribution in [2.45, 2.75) is 6.92 Å². The van der Waals surface area contributed by atoms with Crippen molar-refractivity contribution in [2.75, 3.05) is 10.9 Å². The molecule has 0 aliphatic heterocycles. The second-order valence-electron chi connectivity index (χ2n) is 3.78. The molecule has 0 aliphatic rings. The van der Waals surface area contributed by atoms with Gasteiger partial charge in [-0.15, -0.1) is 0 Å². The summed E-state index contributed by atoms with van der Waals surface area (Å²) < 4.78 is 9.18. The van der Waals surface area contributed by atoms with Crippen LogP contribution in [0.3, 0.4) is 0 Å². The Morgan fingerprint density at radius 2 is 2.15 bits per heavy atom. The van der Waals surface area contributed by atoms with Gasteiger partial charge in [-0.2, -0.15) is 0 Å². The standard InChI is InChI=1S/C14H13ClN2O2Se/c1-2-19-14(18)11-5-3-4-6-12(11)20-17-13-8-7-10(15)9-16-13/h3-9H,2H2,1H3,(H,16,17). The molecule has 0 fully saturated rings. The second kappa shape index (κ2) is 7.29. The van der Waals surface area contributed by atoms with Crippen LogP contribution in [0.25, 0.3) is 0 Å². The fourth-order valence-corrected chi connectivity index (χ4v) is 3.15. The number of carbonyl (C=O) groups is 1. The van der Waals surface area contributed by atoms with E-state index in [1.165, 1.54) is 0 Å². The normalized spacial score (nSPS) is 10.1. The van der Waals surface area contributed by atoms with Crippen molar-refractivity contribution in [3.8, 4) is 0 Å². The van der Waals surface area contributed by atoms with Gasteiger partial charge in [0.2, 0.25) is 0 Å². The molecule has 0 saturated carbocycles. The molecule has 2 aromatic rings. The van der Waals surface area contributed by atoms with Gasteiger partial charge in [0.15, 0.2) is 0 Å². The fraction of sp³-hybridized carbons (Fsp3) is 0.143. The van der Waals surface area contributed by atoms with Gasteiger partial charge in [0.05, 0.1) is 0 Å². The number of aromatic nitrogens is 1. The zero-order valence-electron chi connectivity index (χ0n) is 10.8. The summed E-state index contributed by atoms with van der Waals surface area (Å²) in [6.45, 7) is 2.16. The van der Waals surface area contributed by atoms with Crippen LogP contribution in [0.1, 0.15) is 17.3 Å². The summed E-state index contributed by atoms with van der Waals surface area (Å²) in [5.74, 6) is 0.434. The van der Waals surface area contributed by atoms with Crippen LogP contribution in [0.15, 0.2) is 42.6 Å². The van der Waals surface area contributed by atoms with Crippen LogP contribution in [0, 0.1) is 0 Å².